The first-order valence-electron chi connectivity index (χ1n) is 7.24. The third-order valence-corrected chi connectivity index (χ3v) is 3.30. The monoisotopic (exact) mass is 336 g/mol. The van der Waals surface area contributed by atoms with Crippen molar-refractivity contribution in [3.05, 3.63) is 64.9 Å². The molecular formula is C17H18ClFN2O2. The number of hydrogen-bond donors (Lipinski definition) is 2. The van der Waals surface area contributed by atoms with Crippen LogP contribution < -0.4 is 15.4 Å². The molecule has 0 aliphatic carbocycles. The third kappa shape index (κ3) is 6.16. The van der Waals surface area contributed by atoms with Gasteiger partial charge in [-0.3, -0.25) is 0 Å². The fraction of sp³-hybridized carbons (Fsp3) is 0.235. The number of halogens is 2. The maximum Gasteiger partial charge on any atom is 0.317 e. The highest BCUT2D eigenvalue weighted by Gasteiger charge is 2.08. The van der Waals surface area contributed by atoms with Crippen molar-refractivity contribution in [3.8, 4) is 5.75 Å². The van der Waals surface area contributed by atoms with E-state index in [-0.39, 0.29) is 11.8 Å². The van der Waals surface area contributed by atoms with Crippen LogP contribution in [0.25, 0.3) is 0 Å². The van der Waals surface area contributed by atoms with Crippen molar-refractivity contribution in [2.24, 2.45) is 0 Å². The second-order valence-corrected chi connectivity index (χ2v) is 5.43. The highest BCUT2D eigenvalue weighted by molar-refractivity contribution is 6.30. The summed E-state index contributed by atoms with van der Waals surface area (Å²) >= 11 is 5.79. The van der Waals surface area contributed by atoms with E-state index in [4.69, 9.17) is 16.3 Å². The third-order valence-electron chi connectivity index (χ3n) is 3.05. The molecule has 0 heterocycles. The van der Waals surface area contributed by atoms with Gasteiger partial charge in [-0.2, -0.15) is 0 Å². The number of benzene rings is 2. The van der Waals surface area contributed by atoms with E-state index in [1.165, 1.54) is 12.1 Å². The molecule has 23 heavy (non-hydrogen) atoms. The van der Waals surface area contributed by atoms with Crippen molar-refractivity contribution in [1.29, 1.82) is 0 Å². The van der Waals surface area contributed by atoms with Crippen molar-refractivity contribution < 1.29 is 13.9 Å². The Morgan fingerprint density at radius 1 is 1.26 bits per heavy atom. The van der Waals surface area contributed by atoms with Gasteiger partial charge in [0.1, 0.15) is 11.6 Å². The Hall–Kier alpha value is -2.27. The summed E-state index contributed by atoms with van der Waals surface area (Å²) in [4.78, 5) is 11.8. The lowest BCUT2D eigenvalue weighted by atomic mass is 10.1. The number of nitrogens with one attached hydrogen (secondary N) is 2. The molecule has 0 saturated carbocycles. The Labute approximate surface area is 139 Å². The number of ether oxygens (including phenoxy) is 1. The van der Waals surface area contributed by atoms with Crippen LogP contribution in [0.1, 0.15) is 12.5 Å². The molecule has 0 aliphatic rings. The van der Waals surface area contributed by atoms with Crippen LogP contribution in [0.5, 0.6) is 5.75 Å². The molecule has 0 aliphatic heterocycles. The van der Waals surface area contributed by atoms with E-state index in [2.05, 4.69) is 10.6 Å². The first-order valence-corrected chi connectivity index (χ1v) is 7.62. The first kappa shape index (κ1) is 17.1. The molecule has 1 unspecified atom stereocenters. The van der Waals surface area contributed by atoms with Gasteiger partial charge in [0.05, 0.1) is 0 Å². The number of carbonyl (C=O) groups is 1. The predicted molar refractivity (Wildman–Crippen MR) is 88.2 cm³/mol. The summed E-state index contributed by atoms with van der Waals surface area (Å²) in [5, 5.41) is 5.98. The molecule has 1 atom stereocenters. The van der Waals surface area contributed by atoms with Crippen LogP contribution in [-0.2, 0) is 6.42 Å². The lowest BCUT2D eigenvalue weighted by Gasteiger charge is -2.16. The summed E-state index contributed by atoms with van der Waals surface area (Å²) in [6, 6.07) is 12.8. The second kappa shape index (κ2) is 8.39. The van der Waals surface area contributed by atoms with E-state index < -0.39 is 6.23 Å². The largest absolute Gasteiger partial charge is 0.471 e. The van der Waals surface area contributed by atoms with Crippen molar-refractivity contribution in [3.63, 3.8) is 0 Å². The highest BCUT2D eigenvalue weighted by Crippen LogP contribution is 2.16. The molecule has 0 fully saturated rings. The zero-order valence-corrected chi connectivity index (χ0v) is 13.4. The summed E-state index contributed by atoms with van der Waals surface area (Å²) in [6.45, 7) is 2.13. The standard InChI is InChI=1S/C17H18ClFN2O2/c1-12(23-16-7-5-14(18)6-8-16)21-17(22)20-10-9-13-3-2-4-15(19)11-13/h2-8,11-12H,9-10H2,1H3,(H2,20,21,22). The number of carbonyl (C=O) groups excluding carboxylic acids is 1. The van der Waals surface area contributed by atoms with Gasteiger partial charge in [-0.25, -0.2) is 9.18 Å². The molecule has 2 rings (SSSR count). The molecule has 2 aromatic rings. The smallest absolute Gasteiger partial charge is 0.317 e. The van der Waals surface area contributed by atoms with Crippen LogP contribution in [0.2, 0.25) is 5.02 Å². The zero-order valence-electron chi connectivity index (χ0n) is 12.7. The summed E-state index contributed by atoms with van der Waals surface area (Å²) in [6.07, 6.45) is 0.0581. The summed E-state index contributed by atoms with van der Waals surface area (Å²) in [7, 11) is 0. The summed E-state index contributed by atoms with van der Waals surface area (Å²) < 4.78 is 18.6. The summed E-state index contributed by atoms with van der Waals surface area (Å²) in [5.41, 5.74) is 0.829. The molecule has 122 valence electrons. The minimum atomic E-state index is -0.495. The Morgan fingerprint density at radius 2 is 2.00 bits per heavy atom. The molecule has 0 bridgehead atoms. The van der Waals surface area contributed by atoms with E-state index in [1.807, 2.05) is 6.07 Å². The van der Waals surface area contributed by atoms with Crippen LogP contribution in [-0.4, -0.2) is 18.8 Å². The summed E-state index contributed by atoms with van der Waals surface area (Å²) in [5.74, 6) is 0.332. The Morgan fingerprint density at radius 3 is 2.70 bits per heavy atom. The van der Waals surface area contributed by atoms with Crippen molar-refractivity contribution in [2.75, 3.05) is 6.54 Å². The van der Waals surface area contributed by atoms with Gasteiger partial charge in [-0.15, -0.1) is 0 Å². The van der Waals surface area contributed by atoms with Crippen molar-refractivity contribution in [1.82, 2.24) is 10.6 Å². The van der Waals surface area contributed by atoms with E-state index in [1.54, 1.807) is 37.3 Å². The maximum absolute atomic E-state index is 13.0. The number of urea groups is 1. The minimum absolute atomic E-state index is 0.281. The highest BCUT2D eigenvalue weighted by atomic mass is 35.5. The fourth-order valence-corrected chi connectivity index (χ4v) is 2.12. The maximum atomic E-state index is 13.0. The predicted octanol–water partition coefficient (Wildman–Crippen LogP) is 3.75. The van der Waals surface area contributed by atoms with Gasteiger partial charge < -0.3 is 15.4 Å². The van der Waals surface area contributed by atoms with Gasteiger partial charge in [-0.05, 0) is 55.3 Å². The van der Waals surface area contributed by atoms with Gasteiger partial charge in [0.15, 0.2) is 6.23 Å². The minimum Gasteiger partial charge on any atom is -0.471 e. The molecule has 6 heteroatoms. The zero-order chi connectivity index (χ0) is 16.7. The number of hydrogen-bond acceptors (Lipinski definition) is 2. The SMILES string of the molecule is CC(NC(=O)NCCc1cccc(F)c1)Oc1ccc(Cl)cc1. The second-order valence-electron chi connectivity index (χ2n) is 4.99. The van der Waals surface area contributed by atoms with Crippen LogP contribution in [0.15, 0.2) is 48.5 Å². The average molecular weight is 337 g/mol. The molecule has 2 amide bonds. The molecule has 4 nitrogen and oxygen atoms in total. The molecule has 0 saturated heterocycles. The van der Waals surface area contributed by atoms with Gasteiger partial charge >= 0.3 is 6.03 Å². The lowest BCUT2D eigenvalue weighted by Crippen LogP contribution is -2.43. The average Bonchev–Trinajstić information content (AvgIpc) is 2.49. The Kier molecular flexibility index (Phi) is 6.23. The molecule has 2 aromatic carbocycles. The van der Waals surface area contributed by atoms with Gasteiger partial charge in [0, 0.05) is 11.6 Å². The molecule has 0 aromatic heterocycles. The number of amides is 2. The van der Waals surface area contributed by atoms with Crippen LogP contribution in [0, 0.1) is 5.82 Å². The quantitative estimate of drug-likeness (QED) is 0.789. The van der Waals surface area contributed by atoms with Crippen molar-refractivity contribution >= 4 is 17.6 Å². The Balaban J connectivity index is 1.70. The molecular weight excluding hydrogens is 319 g/mol. The van der Waals surface area contributed by atoms with Gasteiger partial charge in [-0.1, -0.05) is 23.7 Å². The Bertz CT molecular complexity index is 649. The van der Waals surface area contributed by atoms with E-state index in [0.29, 0.717) is 23.7 Å². The number of rotatable bonds is 6. The van der Waals surface area contributed by atoms with E-state index in [0.717, 1.165) is 5.56 Å². The van der Waals surface area contributed by atoms with Crippen LogP contribution in [0.3, 0.4) is 0 Å². The molecule has 0 radical (unpaired) electrons. The molecule has 2 N–H and O–H groups in total. The lowest BCUT2D eigenvalue weighted by molar-refractivity contribution is 0.177. The van der Waals surface area contributed by atoms with Crippen LogP contribution >= 0.6 is 11.6 Å². The van der Waals surface area contributed by atoms with E-state index >= 15 is 0 Å². The molecule has 0 spiro atoms. The fourth-order valence-electron chi connectivity index (χ4n) is 2.00. The van der Waals surface area contributed by atoms with Gasteiger partial charge in [0.2, 0.25) is 0 Å². The van der Waals surface area contributed by atoms with Crippen molar-refractivity contribution in [2.45, 2.75) is 19.6 Å². The topological polar surface area (TPSA) is 50.4 Å². The van der Waals surface area contributed by atoms with Crippen LogP contribution in [0.4, 0.5) is 9.18 Å². The van der Waals surface area contributed by atoms with Gasteiger partial charge in [0.25, 0.3) is 0 Å². The normalized spacial score (nSPS) is 11.6. The first-order chi connectivity index (χ1) is 11.0. The van der Waals surface area contributed by atoms with E-state index in [9.17, 15) is 9.18 Å².